The molecule has 0 radical (unpaired) electrons. The highest BCUT2D eigenvalue weighted by molar-refractivity contribution is 5.50. The molecule has 1 aromatic rings. The average molecular weight is 235 g/mol. The molecule has 2 N–H and O–H groups in total. The topological polar surface area (TPSA) is 41.5 Å². The van der Waals surface area contributed by atoms with Crippen molar-refractivity contribution in [3.8, 4) is 11.5 Å². The van der Waals surface area contributed by atoms with E-state index >= 15 is 0 Å². The van der Waals surface area contributed by atoms with Gasteiger partial charge in [0.2, 0.25) is 0 Å². The second kappa shape index (κ2) is 4.57. The van der Waals surface area contributed by atoms with Crippen LogP contribution in [0.5, 0.6) is 11.5 Å². The Morgan fingerprint density at radius 3 is 2.88 bits per heavy atom. The molecular formula is C14H21NO2. The highest BCUT2D eigenvalue weighted by Gasteiger charge is 2.39. The highest BCUT2D eigenvalue weighted by Crippen LogP contribution is 2.43. The van der Waals surface area contributed by atoms with Crippen molar-refractivity contribution in [2.75, 3.05) is 19.7 Å². The first-order valence-corrected chi connectivity index (χ1v) is 6.25. The molecule has 3 nitrogen and oxygen atoms in total. The number of hydrogen-bond donors (Lipinski definition) is 2. The summed E-state index contributed by atoms with van der Waals surface area (Å²) in [4.78, 5) is 0. The Morgan fingerprint density at radius 2 is 2.29 bits per heavy atom. The summed E-state index contributed by atoms with van der Waals surface area (Å²) in [6.45, 7) is 8.92. The monoisotopic (exact) mass is 235 g/mol. The predicted octanol–water partition coefficient (Wildman–Crippen LogP) is 2.29. The van der Waals surface area contributed by atoms with Crippen LogP contribution in [0.3, 0.4) is 0 Å². The lowest BCUT2D eigenvalue weighted by Crippen LogP contribution is -2.30. The van der Waals surface area contributed by atoms with Gasteiger partial charge in [-0.2, -0.15) is 0 Å². The first kappa shape index (κ1) is 12.2. The number of hydrogen-bond acceptors (Lipinski definition) is 3. The summed E-state index contributed by atoms with van der Waals surface area (Å²) in [5, 5.41) is 13.4. The highest BCUT2D eigenvalue weighted by atomic mass is 16.5. The molecule has 1 aliphatic heterocycles. The van der Waals surface area contributed by atoms with Gasteiger partial charge in [0, 0.05) is 17.5 Å². The number of benzene rings is 1. The van der Waals surface area contributed by atoms with Gasteiger partial charge in [0.25, 0.3) is 0 Å². The Kier molecular flexibility index (Phi) is 3.29. The maximum atomic E-state index is 9.94. The minimum atomic E-state index is 0.0310. The van der Waals surface area contributed by atoms with Crippen LogP contribution < -0.4 is 10.1 Å². The SMILES string of the molecule is CCOc1c(O)cccc1C1(C)CNCC1C. The summed E-state index contributed by atoms with van der Waals surface area (Å²) in [5.41, 5.74) is 1.14. The molecule has 2 unspecified atom stereocenters. The molecule has 1 heterocycles. The third-order valence-electron chi connectivity index (χ3n) is 3.93. The van der Waals surface area contributed by atoms with Crippen LogP contribution >= 0.6 is 0 Å². The molecule has 94 valence electrons. The summed E-state index contributed by atoms with van der Waals surface area (Å²) >= 11 is 0. The van der Waals surface area contributed by atoms with Crippen LogP contribution in [0.2, 0.25) is 0 Å². The van der Waals surface area contributed by atoms with Gasteiger partial charge in [-0.25, -0.2) is 0 Å². The van der Waals surface area contributed by atoms with Gasteiger partial charge < -0.3 is 15.2 Å². The molecule has 2 rings (SSSR count). The molecule has 17 heavy (non-hydrogen) atoms. The van der Waals surface area contributed by atoms with Crippen LogP contribution in [0.4, 0.5) is 0 Å². The van der Waals surface area contributed by atoms with E-state index < -0.39 is 0 Å². The Morgan fingerprint density at radius 1 is 1.53 bits per heavy atom. The molecule has 1 saturated heterocycles. The van der Waals surface area contributed by atoms with Gasteiger partial charge in [0.15, 0.2) is 11.5 Å². The quantitative estimate of drug-likeness (QED) is 0.844. The number of rotatable bonds is 3. The van der Waals surface area contributed by atoms with E-state index in [1.54, 1.807) is 6.07 Å². The lowest BCUT2D eigenvalue weighted by molar-refractivity contribution is 0.298. The van der Waals surface area contributed by atoms with E-state index in [1.165, 1.54) is 0 Å². The van der Waals surface area contributed by atoms with Crippen molar-refractivity contribution in [2.45, 2.75) is 26.2 Å². The summed E-state index contributed by atoms with van der Waals surface area (Å²) < 4.78 is 5.62. The van der Waals surface area contributed by atoms with E-state index in [-0.39, 0.29) is 11.2 Å². The van der Waals surface area contributed by atoms with E-state index in [9.17, 15) is 5.11 Å². The van der Waals surface area contributed by atoms with Gasteiger partial charge in [-0.05, 0) is 25.5 Å². The maximum absolute atomic E-state index is 9.94. The van der Waals surface area contributed by atoms with Crippen LogP contribution in [-0.4, -0.2) is 24.8 Å². The summed E-state index contributed by atoms with van der Waals surface area (Å²) in [7, 11) is 0. The molecule has 1 aliphatic rings. The molecule has 3 heteroatoms. The number of phenols is 1. The predicted molar refractivity (Wildman–Crippen MR) is 68.7 cm³/mol. The fraction of sp³-hybridized carbons (Fsp3) is 0.571. The van der Waals surface area contributed by atoms with Crippen molar-refractivity contribution in [3.63, 3.8) is 0 Å². The van der Waals surface area contributed by atoms with Crippen molar-refractivity contribution >= 4 is 0 Å². The molecule has 2 atom stereocenters. The lowest BCUT2D eigenvalue weighted by atomic mass is 9.74. The minimum absolute atomic E-state index is 0.0310. The molecule has 0 amide bonds. The van der Waals surface area contributed by atoms with Crippen molar-refractivity contribution < 1.29 is 9.84 Å². The fourth-order valence-electron chi connectivity index (χ4n) is 2.58. The third-order valence-corrected chi connectivity index (χ3v) is 3.93. The van der Waals surface area contributed by atoms with Gasteiger partial charge in [0.1, 0.15) is 0 Å². The van der Waals surface area contributed by atoms with E-state index in [0.29, 0.717) is 18.3 Å². The van der Waals surface area contributed by atoms with Gasteiger partial charge in [-0.15, -0.1) is 0 Å². The van der Waals surface area contributed by atoms with Crippen molar-refractivity contribution in [2.24, 2.45) is 5.92 Å². The molecule has 0 aromatic heterocycles. The second-order valence-corrected chi connectivity index (χ2v) is 5.04. The number of para-hydroxylation sites is 1. The Bertz CT molecular complexity index is 405. The largest absolute Gasteiger partial charge is 0.504 e. The van der Waals surface area contributed by atoms with Crippen molar-refractivity contribution in [1.29, 1.82) is 0 Å². The van der Waals surface area contributed by atoms with Crippen LogP contribution in [0.1, 0.15) is 26.3 Å². The smallest absolute Gasteiger partial charge is 0.164 e. The normalized spacial score (nSPS) is 28.3. The van der Waals surface area contributed by atoms with Gasteiger partial charge in [0.05, 0.1) is 6.61 Å². The Labute approximate surface area is 103 Å². The van der Waals surface area contributed by atoms with E-state index in [4.69, 9.17) is 4.74 Å². The number of phenolic OH excluding ortho intramolecular Hbond substituents is 1. The zero-order chi connectivity index (χ0) is 12.5. The minimum Gasteiger partial charge on any atom is -0.504 e. The lowest BCUT2D eigenvalue weighted by Gasteiger charge is -2.30. The van der Waals surface area contributed by atoms with Crippen LogP contribution in [0, 0.1) is 5.92 Å². The van der Waals surface area contributed by atoms with Crippen LogP contribution in [-0.2, 0) is 5.41 Å². The van der Waals surface area contributed by atoms with Crippen molar-refractivity contribution in [3.05, 3.63) is 23.8 Å². The molecule has 0 bridgehead atoms. The Hall–Kier alpha value is -1.22. The van der Waals surface area contributed by atoms with Gasteiger partial charge in [-0.3, -0.25) is 0 Å². The molecule has 0 aliphatic carbocycles. The number of nitrogens with one attached hydrogen (secondary N) is 1. The summed E-state index contributed by atoms with van der Waals surface area (Å²) in [6, 6.07) is 5.64. The second-order valence-electron chi connectivity index (χ2n) is 5.04. The first-order valence-electron chi connectivity index (χ1n) is 6.25. The molecular weight excluding hydrogens is 214 g/mol. The van der Waals surface area contributed by atoms with Crippen LogP contribution in [0.25, 0.3) is 0 Å². The van der Waals surface area contributed by atoms with E-state index in [0.717, 1.165) is 18.7 Å². The zero-order valence-electron chi connectivity index (χ0n) is 10.8. The van der Waals surface area contributed by atoms with Gasteiger partial charge in [-0.1, -0.05) is 26.0 Å². The van der Waals surface area contributed by atoms with E-state index in [1.807, 2.05) is 13.0 Å². The van der Waals surface area contributed by atoms with Crippen LogP contribution in [0.15, 0.2) is 18.2 Å². The molecule has 1 fully saturated rings. The summed E-state index contributed by atoms with van der Waals surface area (Å²) in [5.74, 6) is 1.42. The first-order chi connectivity index (χ1) is 8.09. The van der Waals surface area contributed by atoms with Crippen molar-refractivity contribution in [1.82, 2.24) is 5.32 Å². The third kappa shape index (κ3) is 2.00. The maximum Gasteiger partial charge on any atom is 0.164 e. The Balaban J connectivity index is 2.47. The molecule has 1 aromatic carbocycles. The molecule has 0 saturated carbocycles. The summed E-state index contributed by atoms with van der Waals surface area (Å²) in [6.07, 6.45) is 0. The fourth-order valence-corrected chi connectivity index (χ4v) is 2.58. The van der Waals surface area contributed by atoms with Gasteiger partial charge >= 0.3 is 0 Å². The molecule has 0 spiro atoms. The number of aromatic hydroxyl groups is 1. The average Bonchev–Trinajstić information content (AvgIpc) is 2.63. The standard InChI is InChI=1S/C14H21NO2/c1-4-17-13-11(6-5-7-12(13)16)14(3)9-15-8-10(14)2/h5-7,10,15-16H,4,8-9H2,1-3H3. The zero-order valence-corrected chi connectivity index (χ0v) is 10.8. The van der Waals surface area contributed by atoms with E-state index in [2.05, 4.69) is 25.2 Å². The number of ether oxygens (including phenoxy) is 1.